The number of nitrogens with zero attached hydrogens (tertiary/aromatic N) is 3. The fourth-order valence-corrected chi connectivity index (χ4v) is 1.71. The van der Waals surface area contributed by atoms with E-state index < -0.39 is 0 Å². The third kappa shape index (κ3) is 1.63. The van der Waals surface area contributed by atoms with Crippen molar-refractivity contribution in [3.05, 3.63) is 12.3 Å². The Morgan fingerprint density at radius 3 is 3.27 bits per heavy atom. The Kier molecular flexibility index (Phi) is 1.99. The molecule has 2 aromatic rings. The van der Waals surface area contributed by atoms with E-state index >= 15 is 0 Å². The Balaban J connectivity index is 1.84. The molecule has 3 heterocycles. The van der Waals surface area contributed by atoms with E-state index in [-0.39, 0.29) is 6.10 Å². The summed E-state index contributed by atoms with van der Waals surface area (Å²) in [6, 6.07) is 1.85. The SMILES string of the molecule is c1nc2n[nH]nc2cc1OC1CCNC1. The third-order valence-corrected chi connectivity index (χ3v) is 2.47. The van der Waals surface area contributed by atoms with E-state index in [1.165, 1.54) is 0 Å². The van der Waals surface area contributed by atoms with Gasteiger partial charge in [0.15, 0.2) is 0 Å². The van der Waals surface area contributed by atoms with Crippen LogP contribution in [0.25, 0.3) is 11.2 Å². The maximum atomic E-state index is 5.75. The number of fused-ring (bicyclic) bond motifs is 1. The van der Waals surface area contributed by atoms with Crippen LogP contribution in [0.15, 0.2) is 12.3 Å². The van der Waals surface area contributed by atoms with Crippen molar-refractivity contribution in [2.75, 3.05) is 13.1 Å². The van der Waals surface area contributed by atoms with Gasteiger partial charge in [0, 0.05) is 12.6 Å². The van der Waals surface area contributed by atoms with Gasteiger partial charge in [-0.25, -0.2) is 4.98 Å². The van der Waals surface area contributed by atoms with Crippen molar-refractivity contribution in [3.63, 3.8) is 0 Å². The smallest absolute Gasteiger partial charge is 0.201 e. The lowest BCUT2D eigenvalue weighted by molar-refractivity contribution is 0.222. The minimum Gasteiger partial charge on any atom is -0.487 e. The molecule has 0 saturated carbocycles. The summed E-state index contributed by atoms with van der Waals surface area (Å²) in [5, 5.41) is 13.6. The van der Waals surface area contributed by atoms with Crippen LogP contribution in [0.5, 0.6) is 5.75 Å². The quantitative estimate of drug-likeness (QED) is 0.727. The van der Waals surface area contributed by atoms with Crippen LogP contribution in [0, 0.1) is 0 Å². The highest BCUT2D eigenvalue weighted by Gasteiger charge is 2.16. The highest BCUT2D eigenvalue weighted by Crippen LogP contribution is 2.17. The molecule has 0 bridgehead atoms. The lowest BCUT2D eigenvalue weighted by Gasteiger charge is -2.11. The Bertz CT molecular complexity index is 462. The van der Waals surface area contributed by atoms with E-state index in [0.717, 1.165) is 30.8 Å². The zero-order chi connectivity index (χ0) is 10.1. The fourth-order valence-electron chi connectivity index (χ4n) is 1.71. The largest absolute Gasteiger partial charge is 0.487 e. The monoisotopic (exact) mass is 205 g/mol. The summed E-state index contributed by atoms with van der Waals surface area (Å²) in [5.41, 5.74) is 1.35. The van der Waals surface area contributed by atoms with Crippen LogP contribution < -0.4 is 10.1 Å². The average Bonchev–Trinajstić information content (AvgIpc) is 2.87. The maximum absolute atomic E-state index is 5.75. The first kappa shape index (κ1) is 8.60. The molecule has 0 amide bonds. The number of aromatic amines is 1. The second-order valence-corrected chi connectivity index (χ2v) is 3.57. The van der Waals surface area contributed by atoms with E-state index in [0.29, 0.717) is 5.65 Å². The predicted molar refractivity (Wildman–Crippen MR) is 53.6 cm³/mol. The zero-order valence-corrected chi connectivity index (χ0v) is 8.10. The number of H-pyrrole nitrogens is 1. The minimum atomic E-state index is 0.246. The lowest BCUT2D eigenvalue weighted by Crippen LogP contribution is -2.19. The number of rotatable bonds is 2. The first-order valence-corrected chi connectivity index (χ1v) is 4.96. The molecular weight excluding hydrogens is 194 g/mol. The molecule has 1 saturated heterocycles. The van der Waals surface area contributed by atoms with Crippen molar-refractivity contribution in [3.8, 4) is 5.75 Å². The fraction of sp³-hybridized carbons (Fsp3) is 0.444. The summed E-state index contributed by atoms with van der Waals surface area (Å²) in [5.74, 6) is 0.755. The van der Waals surface area contributed by atoms with Crippen molar-refractivity contribution >= 4 is 11.2 Å². The molecule has 1 aliphatic heterocycles. The normalized spacial score (nSPS) is 20.9. The molecule has 3 rings (SSSR count). The number of hydrogen-bond donors (Lipinski definition) is 2. The van der Waals surface area contributed by atoms with Crippen LogP contribution >= 0.6 is 0 Å². The topological polar surface area (TPSA) is 75.7 Å². The highest BCUT2D eigenvalue weighted by atomic mass is 16.5. The van der Waals surface area contributed by atoms with Gasteiger partial charge in [0.05, 0.1) is 6.20 Å². The Labute approximate surface area is 86.0 Å². The summed E-state index contributed by atoms with van der Waals surface area (Å²) in [7, 11) is 0. The van der Waals surface area contributed by atoms with Gasteiger partial charge < -0.3 is 10.1 Å². The van der Waals surface area contributed by atoms with E-state index in [1.807, 2.05) is 6.07 Å². The van der Waals surface area contributed by atoms with Crippen molar-refractivity contribution < 1.29 is 4.74 Å². The molecule has 78 valence electrons. The van der Waals surface area contributed by atoms with Gasteiger partial charge in [-0.05, 0) is 13.0 Å². The van der Waals surface area contributed by atoms with Crippen LogP contribution in [0.2, 0.25) is 0 Å². The van der Waals surface area contributed by atoms with Crippen molar-refractivity contribution in [1.82, 2.24) is 25.7 Å². The van der Waals surface area contributed by atoms with Crippen LogP contribution in [0.3, 0.4) is 0 Å². The molecule has 15 heavy (non-hydrogen) atoms. The molecule has 1 fully saturated rings. The van der Waals surface area contributed by atoms with Crippen molar-refractivity contribution in [2.45, 2.75) is 12.5 Å². The van der Waals surface area contributed by atoms with Crippen LogP contribution in [0.1, 0.15) is 6.42 Å². The van der Waals surface area contributed by atoms with Crippen molar-refractivity contribution in [2.24, 2.45) is 0 Å². The molecule has 6 heteroatoms. The number of ether oxygens (including phenoxy) is 1. The van der Waals surface area contributed by atoms with Gasteiger partial charge in [0.1, 0.15) is 17.4 Å². The Morgan fingerprint density at radius 1 is 1.40 bits per heavy atom. The first-order chi connectivity index (χ1) is 7.42. The second-order valence-electron chi connectivity index (χ2n) is 3.57. The van der Waals surface area contributed by atoms with Crippen molar-refractivity contribution in [1.29, 1.82) is 0 Å². The molecule has 0 aliphatic carbocycles. The van der Waals surface area contributed by atoms with Gasteiger partial charge in [-0.3, -0.25) is 0 Å². The first-order valence-electron chi connectivity index (χ1n) is 4.96. The Morgan fingerprint density at radius 2 is 2.40 bits per heavy atom. The van der Waals surface area contributed by atoms with Crippen LogP contribution in [0.4, 0.5) is 0 Å². The van der Waals surface area contributed by atoms with E-state index in [1.54, 1.807) is 6.20 Å². The van der Waals surface area contributed by atoms with Gasteiger partial charge in [-0.1, -0.05) is 0 Å². The molecular formula is C9H11N5O. The molecule has 0 radical (unpaired) electrons. The molecule has 2 N–H and O–H groups in total. The van der Waals surface area contributed by atoms with E-state index in [9.17, 15) is 0 Å². The van der Waals surface area contributed by atoms with Crippen LogP contribution in [-0.4, -0.2) is 39.6 Å². The predicted octanol–water partition coefficient (Wildman–Crippen LogP) is 0.0936. The molecule has 1 atom stereocenters. The summed E-state index contributed by atoms with van der Waals surface area (Å²) in [4.78, 5) is 4.13. The number of aromatic nitrogens is 4. The molecule has 1 aliphatic rings. The van der Waals surface area contributed by atoms with Crippen LogP contribution in [-0.2, 0) is 0 Å². The number of pyridine rings is 1. The molecule has 6 nitrogen and oxygen atoms in total. The molecule has 1 unspecified atom stereocenters. The molecule has 0 spiro atoms. The second kappa shape index (κ2) is 3.47. The van der Waals surface area contributed by atoms with Gasteiger partial charge in [-0.15, -0.1) is 5.10 Å². The number of hydrogen-bond acceptors (Lipinski definition) is 5. The van der Waals surface area contributed by atoms with E-state index in [2.05, 4.69) is 25.7 Å². The van der Waals surface area contributed by atoms with E-state index in [4.69, 9.17) is 4.74 Å². The summed E-state index contributed by atoms with van der Waals surface area (Å²) < 4.78 is 5.75. The third-order valence-electron chi connectivity index (χ3n) is 2.47. The van der Waals surface area contributed by atoms with Gasteiger partial charge in [0.25, 0.3) is 0 Å². The Hall–Kier alpha value is -1.69. The molecule has 2 aromatic heterocycles. The standard InChI is InChI=1S/C9H11N5O/c1-2-10-4-6(1)15-7-3-8-9(11-5-7)13-14-12-8/h3,5-6,10H,1-2,4H2,(H,11,12,13,14). The minimum absolute atomic E-state index is 0.246. The van der Waals surface area contributed by atoms with Gasteiger partial charge in [0.2, 0.25) is 5.65 Å². The number of nitrogens with one attached hydrogen (secondary N) is 2. The highest BCUT2D eigenvalue weighted by molar-refractivity contribution is 5.69. The summed E-state index contributed by atoms with van der Waals surface area (Å²) in [6.07, 6.45) is 2.97. The van der Waals surface area contributed by atoms with Gasteiger partial charge >= 0.3 is 0 Å². The van der Waals surface area contributed by atoms with Gasteiger partial charge in [-0.2, -0.15) is 10.3 Å². The average molecular weight is 205 g/mol. The maximum Gasteiger partial charge on any atom is 0.201 e. The lowest BCUT2D eigenvalue weighted by atomic mass is 10.3. The summed E-state index contributed by atoms with van der Waals surface area (Å²) >= 11 is 0. The zero-order valence-electron chi connectivity index (χ0n) is 8.10. The molecule has 0 aromatic carbocycles. The summed E-state index contributed by atoms with van der Waals surface area (Å²) in [6.45, 7) is 1.92.